The molecule has 0 amide bonds. The highest BCUT2D eigenvalue weighted by atomic mass is 16.7. The van der Waals surface area contributed by atoms with E-state index >= 15 is 0 Å². The van der Waals surface area contributed by atoms with Crippen LogP contribution in [0.4, 0.5) is 0 Å². The van der Waals surface area contributed by atoms with Gasteiger partial charge in [0, 0.05) is 0 Å². The summed E-state index contributed by atoms with van der Waals surface area (Å²) >= 11 is 0. The van der Waals surface area contributed by atoms with Crippen LogP contribution in [0.3, 0.4) is 0 Å². The van der Waals surface area contributed by atoms with E-state index < -0.39 is 68.0 Å². The van der Waals surface area contributed by atoms with Crippen LogP contribution in [0.25, 0.3) is 10.8 Å². The third-order valence-corrected chi connectivity index (χ3v) is 7.15. The minimum atomic E-state index is -1.72. The van der Waals surface area contributed by atoms with Crippen LogP contribution >= 0.6 is 0 Å². The Morgan fingerprint density at radius 3 is 2.16 bits per heavy atom. The maximum absolute atomic E-state index is 12.2. The summed E-state index contributed by atoms with van der Waals surface area (Å²) < 4.78 is 22.4. The van der Waals surface area contributed by atoms with Crippen molar-refractivity contribution in [3.63, 3.8) is 0 Å². The van der Waals surface area contributed by atoms with E-state index in [9.17, 15) is 40.5 Å². The smallest absolute Gasteiger partial charge is 0.229 e. The summed E-state index contributed by atoms with van der Waals surface area (Å²) in [5, 5.41) is 73.3. The summed E-state index contributed by atoms with van der Waals surface area (Å²) in [6.45, 7) is 5.87. The standard InChI is InChI=1S/C26H34O12/c1-9-5-6-14(17-13(9)7-10(2)16(11(3)27)20(17)30)37-26-24(34)22(32)19(29)15(38-26)8-35-25-23(33)21(31)18(28)12(4)36-25/h5-7,12,15,18-19,21-26,28-34H,8H2,1-4H3/t12-,15+,18-,19+,21+,22-,23+,24+,25+,26+/m0/s1. The molecule has 0 unspecified atom stereocenters. The van der Waals surface area contributed by atoms with Gasteiger partial charge in [-0.05, 0) is 50.3 Å². The molecule has 7 N–H and O–H groups in total. The lowest BCUT2D eigenvalue weighted by molar-refractivity contribution is -0.318. The largest absolute Gasteiger partial charge is 0.506 e. The summed E-state index contributed by atoms with van der Waals surface area (Å²) in [5.41, 5.74) is 1.49. The summed E-state index contributed by atoms with van der Waals surface area (Å²) in [5.74, 6) is -0.580. The first kappa shape index (κ1) is 28.6. The second-order valence-electron chi connectivity index (χ2n) is 9.92. The SMILES string of the molecule is CC(=O)c1c(C)cc2c(C)ccc(O[C@@H]3O[C@H](CO[C@@H]4O[C@@H](C)[C@H](O)[C@@H](O)[C@H]4O)[C@@H](O)[C@H](O)[C@H]3O)c2c1O. The molecular formula is C26H34O12. The fourth-order valence-corrected chi connectivity index (χ4v) is 4.89. The zero-order valence-corrected chi connectivity index (χ0v) is 21.4. The van der Waals surface area contributed by atoms with Crippen LogP contribution in [0.1, 0.15) is 35.3 Å². The monoisotopic (exact) mass is 538 g/mol. The molecule has 210 valence electrons. The average molecular weight is 539 g/mol. The predicted molar refractivity (Wildman–Crippen MR) is 131 cm³/mol. The van der Waals surface area contributed by atoms with E-state index in [1.165, 1.54) is 19.9 Å². The number of ether oxygens (including phenoxy) is 4. The fraction of sp³-hybridized carbons (Fsp3) is 0.577. The van der Waals surface area contributed by atoms with E-state index in [1.54, 1.807) is 19.1 Å². The van der Waals surface area contributed by atoms with Gasteiger partial charge >= 0.3 is 0 Å². The van der Waals surface area contributed by atoms with Gasteiger partial charge in [-0.1, -0.05) is 12.1 Å². The third-order valence-electron chi connectivity index (χ3n) is 7.15. The van der Waals surface area contributed by atoms with Crippen molar-refractivity contribution in [3.05, 3.63) is 34.9 Å². The van der Waals surface area contributed by atoms with Crippen molar-refractivity contribution in [3.8, 4) is 11.5 Å². The highest BCUT2D eigenvalue weighted by Gasteiger charge is 2.47. The van der Waals surface area contributed by atoms with Gasteiger partial charge in [0.15, 0.2) is 12.1 Å². The Morgan fingerprint density at radius 2 is 1.50 bits per heavy atom. The number of Topliss-reactive ketones (excluding diaryl/α,β-unsaturated/α-hetero) is 1. The number of hydrogen-bond donors (Lipinski definition) is 7. The van der Waals surface area contributed by atoms with Gasteiger partial charge in [0.1, 0.15) is 54.2 Å². The quantitative estimate of drug-likeness (QED) is 0.231. The topological polar surface area (TPSA) is 196 Å². The molecule has 0 radical (unpaired) electrons. The third kappa shape index (κ3) is 5.11. The number of carbonyl (C=O) groups is 1. The second kappa shape index (κ2) is 11.0. The molecule has 0 aliphatic carbocycles. The Kier molecular flexibility index (Phi) is 8.28. The molecule has 2 aliphatic rings. The molecule has 10 atom stereocenters. The highest BCUT2D eigenvalue weighted by Crippen LogP contribution is 2.41. The first-order valence-electron chi connectivity index (χ1n) is 12.3. The average Bonchev–Trinajstić information content (AvgIpc) is 2.86. The Bertz CT molecular complexity index is 1180. The van der Waals surface area contributed by atoms with Gasteiger partial charge in [-0.15, -0.1) is 0 Å². The number of aliphatic hydroxyl groups excluding tert-OH is 6. The molecule has 0 aromatic heterocycles. The molecule has 2 aliphatic heterocycles. The number of carbonyl (C=O) groups excluding carboxylic acids is 1. The summed E-state index contributed by atoms with van der Waals surface area (Å²) in [4.78, 5) is 12.2. The lowest BCUT2D eigenvalue weighted by atomic mass is 9.95. The molecule has 2 aromatic rings. The number of aryl methyl sites for hydroxylation is 2. The van der Waals surface area contributed by atoms with Crippen molar-refractivity contribution in [1.29, 1.82) is 0 Å². The number of aliphatic hydroxyl groups is 6. The van der Waals surface area contributed by atoms with Crippen LogP contribution in [0.5, 0.6) is 11.5 Å². The molecule has 0 saturated carbocycles. The van der Waals surface area contributed by atoms with Gasteiger partial charge in [-0.3, -0.25) is 4.79 Å². The number of hydrogen-bond acceptors (Lipinski definition) is 12. The first-order chi connectivity index (χ1) is 17.8. The van der Waals surface area contributed by atoms with Gasteiger partial charge in [0.05, 0.1) is 23.7 Å². The van der Waals surface area contributed by atoms with Crippen molar-refractivity contribution < 1.29 is 59.5 Å². The van der Waals surface area contributed by atoms with E-state index in [2.05, 4.69) is 0 Å². The zero-order chi connectivity index (χ0) is 28.0. The number of aromatic hydroxyl groups is 1. The van der Waals surface area contributed by atoms with Crippen LogP contribution in [-0.4, -0.2) is 110 Å². The maximum Gasteiger partial charge on any atom is 0.229 e. The van der Waals surface area contributed by atoms with Gasteiger partial charge in [0.25, 0.3) is 0 Å². The molecule has 2 aromatic carbocycles. The summed E-state index contributed by atoms with van der Waals surface area (Å²) in [6, 6.07) is 4.98. The number of rotatable bonds is 6. The van der Waals surface area contributed by atoms with Crippen LogP contribution in [0, 0.1) is 13.8 Å². The minimum Gasteiger partial charge on any atom is -0.506 e. The molecule has 2 fully saturated rings. The normalized spacial score (nSPS) is 35.8. The highest BCUT2D eigenvalue weighted by molar-refractivity contribution is 6.07. The Balaban J connectivity index is 1.58. The molecular weight excluding hydrogens is 504 g/mol. The van der Waals surface area contributed by atoms with Crippen LogP contribution < -0.4 is 4.74 Å². The van der Waals surface area contributed by atoms with Gasteiger partial charge < -0.3 is 54.7 Å². The second-order valence-corrected chi connectivity index (χ2v) is 9.92. The van der Waals surface area contributed by atoms with Crippen molar-refractivity contribution in [1.82, 2.24) is 0 Å². The number of benzene rings is 2. The number of phenols is 1. The molecule has 0 spiro atoms. The molecule has 0 bridgehead atoms. The summed E-state index contributed by atoms with van der Waals surface area (Å²) in [6.07, 6.45) is -14.5. The molecule has 38 heavy (non-hydrogen) atoms. The molecule has 2 saturated heterocycles. The van der Waals surface area contributed by atoms with E-state index in [4.69, 9.17) is 18.9 Å². The minimum absolute atomic E-state index is 0.0647. The van der Waals surface area contributed by atoms with Crippen LogP contribution in [-0.2, 0) is 14.2 Å². The number of fused-ring (bicyclic) bond motifs is 1. The predicted octanol–water partition coefficient (Wildman–Crippen LogP) is -0.605. The zero-order valence-electron chi connectivity index (χ0n) is 21.4. The van der Waals surface area contributed by atoms with Crippen molar-refractivity contribution in [2.75, 3.05) is 6.61 Å². The number of ketones is 1. The van der Waals surface area contributed by atoms with Gasteiger partial charge in [-0.25, -0.2) is 0 Å². The van der Waals surface area contributed by atoms with Crippen LogP contribution in [0.15, 0.2) is 18.2 Å². The lowest BCUT2D eigenvalue weighted by Gasteiger charge is -2.42. The summed E-state index contributed by atoms with van der Waals surface area (Å²) in [7, 11) is 0. The van der Waals surface area contributed by atoms with E-state index in [1.807, 2.05) is 6.92 Å². The number of phenolic OH excluding ortho intramolecular Hbond substituents is 1. The van der Waals surface area contributed by atoms with Crippen LogP contribution in [0.2, 0.25) is 0 Å². The Morgan fingerprint density at radius 1 is 0.868 bits per heavy atom. The van der Waals surface area contributed by atoms with Gasteiger partial charge in [0.2, 0.25) is 6.29 Å². The maximum atomic E-state index is 12.2. The van der Waals surface area contributed by atoms with Gasteiger partial charge in [-0.2, -0.15) is 0 Å². The fourth-order valence-electron chi connectivity index (χ4n) is 4.89. The molecule has 2 heterocycles. The Labute approximate surface area is 218 Å². The van der Waals surface area contributed by atoms with E-state index in [0.717, 1.165) is 5.56 Å². The van der Waals surface area contributed by atoms with Crippen molar-refractivity contribution >= 4 is 16.6 Å². The lowest BCUT2D eigenvalue weighted by Crippen LogP contribution is -2.61. The van der Waals surface area contributed by atoms with Crippen molar-refractivity contribution in [2.24, 2.45) is 0 Å². The molecule has 12 nitrogen and oxygen atoms in total. The first-order valence-corrected chi connectivity index (χ1v) is 12.3. The van der Waals surface area contributed by atoms with E-state index in [-0.39, 0.29) is 28.2 Å². The molecule has 12 heteroatoms. The van der Waals surface area contributed by atoms with Crippen molar-refractivity contribution in [2.45, 2.75) is 89.1 Å². The molecule has 4 rings (SSSR count). The van der Waals surface area contributed by atoms with E-state index in [0.29, 0.717) is 10.9 Å². The Hall–Kier alpha value is -2.39.